The summed E-state index contributed by atoms with van der Waals surface area (Å²) in [4.78, 5) is 22.4. The molecule has 0 saturated carbocycles. The molecule has 4 nitrogen and oxygen atoms in total. The van der Waals surface area contributed by atoms with Gasteiger partial charge in [-0.1, -0.05) is 26.0 Å². The van der Waals surface area contributed by atoms with Crippen LogP contribution in [0.3, 0.4) is 0 Å². The summed E-state index contributed by atoms with van der Waals surface area (Å²) in [5.74, 6) is 1.77. The van der Waals surface area contributed by atoms with E-state index in [0.29, 0.717) is 0 Å². The number of nitrogens with zero attached hydrogens (tertiary/aromatic N) is 3. The first-order valence-electron chi connectivity index (χ1n) is 5.74. The van der Waals surface area contributed by atoms with Crippen LogP contribution in [-0.4, -0.2) is 29.0 Å². The van der Waals surface area contributed by atoms with Crippen LogP contribution < -0.4 is 0 Å². The molecule has 2 aliphatic rings. The second-order valence-electron chi connectivity index (χ2n) is 4.51. The second-order valence-corrected chi connectivity index (χ2v) is 4.51. The van der Waals surface area contributed by atoms with Crippen LogP contribution in [0.4, 0.5) is 5.69 Å². The lowest BCUT2D eigenvalue weighted by Crippen LogP contribution is -2.43. The molecule has 2 aliphatic heterocycles. The molecule has 0 atom stereocenters. The molecule has 0 N–H and O–H groups in total. The summed E-state index contributed by atoms with van der Waals surface area (Å²) in [5.41, 5.74) is 1.85. The van der Waals surface area contributed by atoms with Crippen LogP contribution in [0.2, 0.25) is 0 Å². The molecule has 4 heteroatoms. The number of para-hydroxylation sites is 1. The van der Waals surface area contributed by atoms with E-state index in [1.807, 2.05) is 38.1 Å². The highest BCUT2D eigenvalue weighted by Gasteiger charge is 2.35. The molecule has 3 rings (SSSR count). The summed E-state index contributed by atoms with van der Waals surface area (Å²) in [6.45, 7) is 4.31. The molecule has 0 spiro atoms. The average Bonchev–Trinajstić information content (AvgIpc) is 2.71. The van der Waals surface area contributed by atoms with E-state index in [0.717, 1.165) is 22.9 Å². The van der Waals surface area contributed by atoms with Crippen LogP contribution in [0, 0.1) is 5.92 Å². The predicted octanol–water partition coefficient (Wildman–Crippen LogP) is 1.97. The van der Waals surface area contributed by atoms with Crippen LogP contribution in [-0.2, 0) is 4.79 Å². The van der Waals surface area contributed by atoms with Gasteiger partial charge < -0.3 is 0 Å². The van der Waals surface area contributed by atoms with Gasteiger partial charge in [-0.05, 0) is 12.1 Å². The summed E-state index contributed by atoms with van der Waals surface area (Å²) in [5, 5.41) is 0. The number of amides is 1. The number of hydrogen-bond acceptors (Lipinski definition) is 3. The highest BCUT2D eigenvalue weighted by Crippen LogP contribution is 2.30. The van der Waals surface area contributed by atoms with Gasteiger partial charge in [-0.15, -0.1) is 0 Å². The van der Waals surface area contributed by atoms with Crippen molar-refractivity contribution in [3.05, 3.63) is 29.8 Å². The highest BCUT2D eigenvalue weighted by atomic mass is 16.2. The molecule has 0 fully saturated rings. The molecule has 17 heavy (non-hydrogen) atoms. The van der Waals surface area contributed by atoms with Gasteiger partial charge in [0.05, 0.1) is 5.69 Å². The summed E-state index contributed by atoms with van der Waals surface area (Å²) < 4.78 is 0. The third-order valence-electron chi connectivity index (χ3n) is 2.95. The van der Waals surface area contributed by atoms with E-state index < -0.39 is 0 Å². The van der Waals surface area contributed by atoms with Gasteiger partial charge >= 0.3 is 0 Å². The Balaban J connectivity index is 2.23. The SMILES string of the molecule is CC(C)C1=Nc2ccccc2C2=NCC(=O)N21. The Kier molecular flexibility index (Phi) is 2.11. The van der Waals surface area contributed by atoms with Crippen LogP contribution in [0.25, 0.3) is 0 Å². The fourth-order valence-electron chi connectivity index (χ4n) is 2.16. The number of carbonyl (C=O) groups is 1. The lowest BCUT2D eigenvalue weighted by molar-refractivity contribution is -0.122. The zero-order valence-electron chi connectivity index (χ0n) is 9.84. The second kappa shape index (κ2) is 3.52. The number of rotatable bonds is 1. The fourth-order valence-corrected chi connectivity index (χ4v) is 2.16. The number of aliphatic imine (C=N–C) groups is 2. The Hall–Kier alpha value is -1.97. The molecule has 0 unspecified atom stereocenters. The van der Waals surface area contributed by atoms with Gasteiger partial charge in [0.25, 0.3) is 5.91 Å². The maximum Gasteiger partial charge on any atom is 0.255 e. The van der Waals surface area contributed by atoms with Crippen LogP contribution >= 0.6 is 0 Å². The Morgan fingerprint density at radius 1 is 1.29 bits per heavy atom. The molecule has 0 saturated heterocycles. The number of carbonyl (C=O) groups excluding carboxylic acids is 1. The van der Waals surface area contributed by atoms with Crippen molar-refractivity contribution in [2.24, 2.45) is 15.9 Å². The molecule has 0 bridgehead atoms. The van der Waals surface area contributed by atoms with Crippen molar-refractivity contribution in [3.8, 4) is 0 Å². The standard InChI is InChI=1S/C13H13N3O/c1-8(2)12-15-10-6-4-3-5-9(10)13-14-7-11(17)16(12)13/h3-6,8H,7H2,1-2H3. The number of benzene rings is 1. The fraction of sp³-hybridized carbons (Fsp3) is 0.308. The predicted molar refractivity (Wildman–Crippen MR) is 66.6 cm³/mol. The molecule has 1 amide bonds. The normalized spacial score (nSPS) is 17.8. The van der Waals surface area contributed by atoms with Gasteiger partial charge in [-0.3, -0.25) is 9.79 Å². The van der Waals surface area contributed by atoms with E-state index in [1.165, 1.54) is 0 Å². The first-order valence-corrected chi connectivity index (χ1v) is 5.74. The number of hydrogen-bond donors (Lipinski definition) is 0. The van der Waals surface area contributed by atoms with Gasteiger partial charge in [-0.2, -0.15) is 0 Å². The van der Waals surface area contributed by atoms with E-state index >= 15 is 0 Å². The smallest absolute Gasteiger partial charge is 0.255 e. The molecule has 0 aromatic heterocycles. The van der Waals surface area contributed by atoms with Crippen molar-refractivity contribution in [2.45, 2.75) is 13.8 Å². The molecule has 1 aromatic rings. The molecule has 86 valence electrons. The first-order chi connectivity index (χ1) is 8.18. The van der Waals surface area contributed by atoms with Crippen LogP contribution in [0.15, 0.2) is 34.3 Å². The lowest BCUT2D eigenvalue weighted by atomic mass is 10.1. The van der Waals surface area contributed by atoms with E-state index in [9.17, 15) is 4.79 Å². The molecule has 1 aromatic carbocycles. The summed E-state index contributed by atoms with van der Waals surface area (Å²) >= 11 is 0. The van der Waals surface area contributed by atoms with Gasteiger partial charge in [0, 0.05) is 11.5 Å². The molecule has 0 aliphatic carbocycles. The quantitative estimate of drug-likeness (QED) is 0.723. The van der Waals surface area contributed by atoms with E-state index in [4.69, 9.17) is 0 Å². The summed E-state index contributed by atoms with van der Waals surface area (Å²) in [7, 11) is 0. The summed E-state index contributed by atoms with van der Waals surface area (Å²) in [6.07, 6.45) is 0. The largest absolute Gasteiger partial charge is 0.272 e. The van der Waals surface area contributed by atoms with Gasteiger partial charge in [0.1, 0.15) is 18.2 Å². The van der Waals surface area contributed by atoms with Crippen molar-refractivity contribution in [1.29, 1.82) is 0 Å². The number of fused-ring (bicyclic) bond motifs is 3. The van der Waals surface area contributed by atoms with E-state index in [1.54, 1.807) is 4.90 Å². The Bertz CT molecular complexity index is 558. The number of amidine groups is 2. The Labute approximate surface area is 99.7 Å². The van der Waals surface area contributed by atoms with Gasteiger partial charge in [0.15, 0.2) is 0 Å². The van der Waals surface area contributed by atoms with Gasteiger partial charge in [-0.25, -0.2) is 9.89 Å². The topological polar surface area (TPSA) is 45.0 Å². The van der Waals surface area contributed by atoms with Crippen molar-refractivity contribution < 1.29 is 4.79 Å². The average molecular weight is 227 g/mol. The van der Waals surface area contributed by atoms with Crippen molar-refractivity contribution in [2.75, 3.05) is 6.54 Å². The minimum atomic E-state index is 0.0157. The van der Waals surface area contributed by atoms with Crippen molar-refractivity contribution in [1.82, 2.24) is 4.90 Å². The molecule has 2 heterocycles. The van der Waals surface area contributed by atoms with E-state index in [2.05, 4.69) is 9.98 Å². The zero-order valence-corrected chi connectivity index (χ0v) is 9.84. The monoisotopic (exact) mass is 227 g/mol. The minimum absolute atomic E-state index is 0.0157. The molecular formula is C13H13N3O. The highest BCUT2D eigenvalue weighted by molar-refractivity contribution is 6.27. The van der Waals surface area contributed by atoms with Gasteiger partial charge in [0.2, 0.25) is 0 Å². The van der Waals surface area contributed by atoms with E-state index in [-0.39, 0.29) is 18.4 Å². The third-order valence-corrected chi connectivity index (χ3v) is 2.95. The first kappa shape index (κ1) is 10.2. The summed E-state index contributed by atoms with van der Waals surface area (Å²) in [6, 6.07) is 7.81. The Morgan fingerprint density at radius 3 is 2.82 bits per heavy atom. The van der Waals surface area contributed by atoms with Crippen LogP contribution in [0.5, 0.6) is 0 Å². The Morgan fingerprint density at radius 2 is 2.06 bits per heavy atom. The van der Waals surface area contributed by atoms with Crippen LogP contribution in [0.1, 0.15) is 19.4 Å². The lowest BCUT2D eigenvalue weighted by Gasteiger charge is -2.27. The minimum Gasteiger partial charge on any atom is -0.272 e. The molecular weight excluding hydrogens is 214 g/mol. The van der Waals surface area contributed by atoms with Crippen molar-refractivity contribution in [3.63, 3.8) is 0 Å². The third kappa shape index (κ3) is 1.40. The zero-order chi connectivity index (χ0) is 12.0. The maximum absolute atomic E-state index is 11.9. The molecule has 0 radical (unpaired) electrons. The van der Waals surface area contributed by atoms with Crippen molar-refractivity contribution >= 4 is 23.3 Å². The maximum atomic E-state index is 11.9.